The number of esters is 2. The van der Waals surface area contributed by atoms with Crippen molar-refractivity contribution in [1.29, 1.82) is 0 Å². The van der Waals surface area contributed by atoms with Crippen LogP contribution in [0.2, 0.25) is 0 Å². The van der Waals surface area contributed by atoms with E-state index < -0.39 is 17.2 Å². The molecule has 1 fully saturated rings. The summed E-state index contributed by atoms with van der Waals surface area (Å²) in [6, 6.07) is 0. The highest BCUT2D eigenvalue weighted by molar-refractivity contribution is 5.88. The highest BCUT2D eigenvalue weighted by Gasteiger charge is 2.70. The van der Waals surface area contributed by atoms with Crippen molar-refractivity contribution in [3.05, 3.63) is 59.8 Å². The average Bonchev–Trinajstić information content (AvgIpc) is 3.54. The summed E-state index contributed by atoms with van der Waals surface area (Å²) < 4.78 is 15.8. The van der Waals surface area contributed by atoms with E-state index in [9.17, 15) is 14.7 Å². The Morgan fingerprint density at radius 1 is 1.24 bits per heavy atom. The number of carbonyl (C=O) groups is 2. The Labute approximate surface area is 203 Å². The molecule has 3 aliphatic rings. The molecule has 186 valence electrons. The van der Waals surface area contributed by atoms with E-state index >= 15 is 0 Å². The van der Waals surface area contributed by atoms with Gasteiger partial charge in [-0.1, -0.05) is 62.8 Å². The third-order valence-corrected chi connectivity index (χ3v) is 7.96. The third-order valence-electron chi connectivity index (χ3n) is 7.96. The first kappa shape index (κ1) is 26.2. The number of methoxy groups -OCH3 is 2. The van der Waals surface area contributed by atoms with Crippen molar-refractivity contribution in [1.82, 2.24) is 0 Å². The molecule has 0 amide bonds. The predicted octanol–water partition coefficient (Wildman–Crippen LogP) is 4.46. The second kappa shape index (κ2) is 10.4. The Hall–Kier alpha value is -2.44. The summed E-state index contributed by atoms with van der Waals surface area (Å²) in [7, 11) is 2.74. The molecule has 0 radical (unpaired) electrons. The highest BCUT2D eigenvalue weighted by Crippen LogP contribution is 2.60. The van der Waals surface area contributed by atoms with Gasteiger partial charge in [-0.2, -0.15) is 0 Å². The number of epoxide rings is 1. The van der Waals surface area contributed by atoms with E-state index in [-0.39, 0.29) is 29.8 Å². The summed E-state index contributed by atoms with van der Waals surface area (Å²) in [6.45, 7) is 8.30. The lowest BCUT2D eigenvalue weighted by Crippen LogP contribution is -2.57. The first-order chi connectivity index (χ1) is 16.1. The Morgan fingerprint density at radius 2 is 1.94 bits per heavy atom. The second-order valence-corrected chi connectivity index (χ2v) is 9.81. The van der Waals surface area contributed by atoms with E-state index in [2.05, 4.69) is 24.7 Å². The molecule has 6 heteroatoms. The molecule has 6 nitrogen and oxygen atoms in total. The van der Waals surface area contributed by atoms with Gasteiger partial charge in [0.05, 0.1) is 20.3 Å². The Bertz CT molecular complexity index is 941. The molecule has 1 N–H and O–H groups in total. The highest BCUT2D eigenvalue weighted by atomic mass is 16.6. The SMILES string of the molecule is CCC(C)C1OC1(C)C1(O)C(C)=CC2CC(C(=O)OC)=CCC2C1C=CC=CC=CC(=O)OC. The van der Waals surface area contributed by atoms with Gasteiger partial charge in [0.1, 0.15) is 11.2 Å². The lowest BCUT2D eigenvalue weighted by molar-refractivity contribution is -0.137. The number of ether oxygens (including phenoxy) is 3. The van der Waals surface area contributed by atoms with Crippen LogP contribution in [-0.2, 0) is 23.8 Å². The van der Waals surface area contributed by atoms with Crippen LogP contribution < -0.4 is 0 Å². The van der Waals surface area contributed by atoms with E-state index in [0.29, 0.717) is 24.3 Å². The molecular weight excluding hydrogens is 432 g/mol. The number of hydrogen-bond acceptors (Lipinski definition) is 6. The van der Waals surface area contributed by atoms with Crippen molar-refractivity contribution >= 4 is 11.9 Å². The molecule has 1 aliphatic heterocycles. The Balaban J connectivity index is 1.94. The summed E-state index contributed by atoms with van der Waals surface area (Å²) in [5.41, 5.74) is -0.257. The molecule has 0 aromatic rings. The van der Waals surface area contributed by atoms with Crippen molar-refractivity contribution in [2.24, 2.45) is 23.7 Å². The lowest BCUT2D eigenvalue weighted by atomic mass is 9.56. The van der Waals surface area contributed by atoms with Crippen LogP contribution in [0.3, 0.4) is 0 Å². The maximum Gasteiger partial charge on any atom is 0.333 e. The van der Waals surface area contributed by atoms with Gasteiger partial charge in [-0.25, -0.2) is 9.59 Å². The fourth-order valence-electron chi connectivity index (χ4n) is 5.78. The van der Waals surface area contributed by atoms with Gasteiger partial charge in [-0.05, 0) is 50.0 Å². The maximum absolute atomic E-state index is 12.3. The molecule has 7 atom stereocenters. The molecule has 0 spiro atoms. The van der Waals surface area contributed by atoms with Crippen LogP contribution in [0.25, 0.3) is 0 Å². The quantitative estimate of drug-likeness (QED) is 0.185. The van der Waals surface area contributed by atoms with Crippen LogP contribution in [0, 0.1) is 23.7 Å². The van der Waals surface area contributed by atoms with Gasteiger partial charge in [-0.3, -0.25) is 0 Å². The molecule has 0 aromatic heterocycles. The number of allylic oxidation sites excluding steroid dienone is 6. The van der Waals surface area contributed by atoms with Crippen molar-refractivity contribution in [2.45, 2.75) is 64.3 Å². The molecular formula is C28H38O6. The van der Waals surface area contributed by atoms with Gasteiger partial charge in [0, 0.05) is 17.6 Å². The van der Waals surface area contributed by atoms with Crippen LogP contribution in [-0.4, -0.2) is 48.6 Å². The van der Waals surface area contributed by atoms with Crippen molar-refractivity contribution in [2.75, 3.05) is 14.2 Å². The summed E-state index contributed by atoms with van der Waals surface area (Å²) in [6.07, 6.45) is 16.9. The molecule has 7 unspecified atom stereocenters. The Morgan fingerprint density at radius 3 is 2.59 bits per heavy atom. The molecule has 1 heterocycles. The van der Waals surface area contributed by atoms with Crippen LogP contribution in [0.5, 0.6) is 0 Å². The third kappa shape index (κ3) is 4.71. The maximum atomic E-state index is 12.3. The Kier molecular flexibility index (Phi) is 8.04. The number of rotatable bonds is 8. The monoisotopic (exact) mass is 470 g/mol. The van der Waals surface area contributed by atoms with Crippen LogP contribution in [0.1, 0.15) is 47.0 Å². The first-order valence-electron chi connectivity index (χ1n) is 12.1. The number of fused-ring (bicyclic) bond motifs is 1. The molecule has 3 rings (SSSR count). The van der Waals surface area contributed by atoms with Gasteiger partial charge in [0.15, 0.2) is 0 Å². The van der Waals surface area contributed by atoms with Crippen LogP contribution >= 0.6 is 0 Å². The summed E-state index contributed by atoms with van der Waals surface area (Å²) >= 11 is 0. The lowest BCUT2D eigenvalue weighted by Gasteiger charge is -2.50. The minimum absolute atomic E-state index is 0.0124. The fraction of sp³-hybridized carbons (Fsp3) is 0.571. The van der Waals surface area contributed by atoms with Crippen LogP contribution in [0.15, 0.2) is 59.8 Å². The largest absolute Gasteiger partial charge is 0.466 e. The number of aliphatic hydroxyl groups is 1. The van der Waals surface area contributed by atoms with Crippen molar-refractivity contribution in [3.63, 3.8) is 0 Å². The minimum atomic E-state index is -1.16. The van der Waals surface area contributed by atoms with E-state index in [1.165, 1.54) is 20.3 Å². The minimum Gasteiger partial charge on any atom is -0.466 e. The van der Waals surface area contributed by atoms with E-state index in [0.717, 1.165) is 12.0 Å². The van der Waals surface area contributed by atoms with Crippen molar-refractivity contribution < 1.29 is 28.9 Å². The molecule has 1 saturated heterocycles. The van der Waals surface area contributed by atoms with Gasteiger partial charge in [0.2, 0.25) is 0 Å². The number of carbonyl (C=O) groups excluding carboxylic acids is 2. The molecule has 0 saturated carbocycles. The smallest absolute Gasteiger partial charge is 0.333 e. The van der Waals surface area contributed by atoms with Gasteiger partial charge in [-0.15, -0.1) is 0 Å². The molecule has 0 aromatic carbocycles. The van der Waals surface area contributed by atoms with Crippen LogP contribution in [0.4, 0.5) is 0 Å². The fourth-order valence-corrected chi connectivity index (χ4v) is 5.78. The van der Waals surface area contributed by atoms with E-state index in [1.54, 1.807) is 12.2 Å². The number of hydrogen-bond donors (Lipinski definition) is 1. The zero-order valence-electron chi connectivity index (χ0n) is 21.1. The zero-order chi connectivity index (χ0) is 25.1. The van der Waals surface area contributed by atoms with Gasteiger partial charge in [0.25, 0.3) is 0 Å². The second-order valence-electron chi connectivity index (χ2n) is 9.81. The van der Waals surface area contributed by atoms with E-state index in [1.807, 2.05) is 38.2 Å². The summed E-state index contributed by atoms with van der Waals surface area (Å²) in [5, 5.41) is 12.3. The topological polar surface area (TPSA) is 85.4 Å². The summed E-state index contributed by atoms with van der Waals surface area (Å²) in [5.74, 6) is -0.315. The molecule has 0 bridgehead atoms. The summed E-state index contributed by atoms with van der Waals surface area (Å²) in [4.78, 5) is 23.4. The standard InChI is InChI=1S/C28H38O6/c1-7-18(2)25-27(4,34-25)28(31)19(3)16-21-17-20(26(30)33-6)14-15-22(21)23(28)12-10-8-9-11-13-24(29)32-5/h8-14,16,18,21-23,25,31H,7,15,17H2,1-6H3. The zero-order valence-corrected chi connectivity index (χ0v) is 21.1. The van der Waals surface area contributed by atoms with E-state index in [4.69, 9.17) is 9.47 Å². The van der Waals surface area contributed by atoms with Gasteiger partial charge >= 0.3 is 11.9 Å². The van der Waals surface area contributed by atoms with Crippen molar-refractivity contribution in [3.8, 4) is 0 Å². The first-order valence-corrected chi connectivity index (χ1v) is 12.1. The molecule has 2 aliphatic carbocycles. The molecule has 34 heavy (non-hydrogen) atoms. The average molecular weight is 471 g/mol. The normalized spacial score (nSPS) is 36.2. The predicted molar refractivity (Wildman–Crippen MR) is 131 cm³/mol. The van der Waals surface area contributed by atoms with Gasteiger partial charge < -0.3 is 19.3 Å².